The molecule has 1 aliphatic rings. The molecule has 1 fully saturated rings. The summed E-state index contributed by atoms with van der Waals surface area (Å²) in [5.41, 5.74) is 1.66. The Morgan fingerprint density at radius 1 is 1.06 bits per heavy atom. The average molecular weight is 459 g/mol. The monoisotopic (exact) mass is 458 g/mol. The SMILES string of the molecule is CCOc1ccc(CCNC(=O)C2CCCN(C(=O)c3ccc(Cl)cc3)C2)cc1OCC. The number of benzene rings is 2. The van der Waals surface area contributed by atoms with Crippen molar-refractivity contribution in [2.45, 2.75) is 33.1 Å². The minimum atomic E-state index is -0.195. The van der Waals surface area contributed by atoms with Crippen LogP contribution in [0.1, 0.15) is 42.6 Å². The van der Waals surface area contributed by atoms with Gasteiger partial charge in [0.05, 0.1) is 19.1 Å². The van der Waals surface area contributed by atoms with Gasteiger partial charge in [-0.25, -0.2) is 0 Å². The lowest BCUT2D eigenvalue weighted by Crippen LogP contribution is -2.45. The molecule has 0 saturated carbocycles. The molecular weight excluding hydrogens is 428 g/mol. The third kappa shape index (κ3) is 6.39. The van der Waals surface area contributed by atoms with Crippen molar-refractivity contribution >= 4 is 23.4 Å². The fourth-order valence-electron chi connectivity index (χ4n) is 3.88. The number of amides is 2. The molecule has 6 nitrogen and oxygen atoms in total. The van der Waals surface area contributed by atoms with Crippen LogP contribution in [0.25, 0.3) is 0 Å². The minimum Gasteiger partial charge on any atom is -0.490 e. The van der Waals surface area contributed by atoms with Crippen LogP contribution in [-0.4, -0.2) is 49.6 Å². The van der Waals surface area contributed by atoms with Crippen LogP contribution in [0.5, 0.6) is 11.5 Å². The van der Waals surface area contributed by atoms with E-state index in [4.69, 9.17) is 21.1 Å². The van der Waals surface area contributed by atoms with Crippen molar-refractivity contribution in [2.24, 2.45) is 5.92 Å². The predicted molar refractivity (Wildman–Crippen MR) is 126 cm³/mol. The number of piperidine rings is 1. The third-order valence-electron chi connectivity index (χ3n) is 5.49. The lowest BCUT2D eigenvalue weighted by atomic mass is 9.96. The summed E-state index contributed by atoms with van der Waals surface area (Å²) in [6.45, 7) is 6.65. The molecule has 2 aromatic carbocycles. The van der Waals surface area contributed by atoms with Gasteiger partial charge in [0.25, 0.3) is 5.91 Å². The van der Waals surface area contributed by atoms with E-state index in [0.29, 0.717) is 49.9 Å². The topological polar surface area (TPSA) is 67.9 Å². The van der Waals surface area contributed by atoms with E-state index >= 15 is 0 Å². The van der Waals surface area contributed by atoms with Crippen LogP contribution in [0.3, 0.4) is 0 Å². The summed E-state index contributed by atoms with van der Waals surface area (Å²) in [5, 5.41) is 3.63. The maximum absolute atomic E-state index is 12.8. The zero-order chi connectivity index (χ0) is 22.9. The highest BCUT2D eigenvalue weighted by Crippen LogP contribution is 2.28. The Bertz CT molecular complexity index is 917. The molecule has 1 N–H and O–H groups in total. The fraction of sp³-hybridized carbons (Fsp3) is 0.440. The van der Waals surface area contributed by atoms with E-state index in [1.165, 1.54) is 0 Å². The zero-order valence-corrected chi connectivity index (χ0v) is 19.5. The normalized spacial score (nSPS) is 15.8. The molecule has 2 aromatic rings. The van der Waals surface area contributed by atoms with E-state index < -0.39 is 0 Å². The Labute approximate surface area is 194 Å². The lowest BCUT2D eigenvalue weighted by molar-refractivity contribution is -0.126. The molecule has 0 bridgehead atoms. The van der Waals surface area contributed by atoms with Crippen molar-refractivity contribution < 1.29 is 19.1 Å². The van der Waals surface area contributed by atoms with Gasteiger partial charge in [-0.05, 0) is 75.1 Å². The van der Waals surface area contributed by atoms with E-state index in [0.717, 1.165) is 29.9 Å². The molecule has 2 amide bonds. The van der Waals surface area contributed by atoms with Gasteiger partial charge in [0.1, 0.15) is 0 Å². The number of halogens is 1. The van der Waals surface area contributed by atoms with Crippen molar-refractivity contribution in [3.63, 3.8) is 0 Å². The molecule has 1 atom stereocenters. The summed E-state index contributed by atoms with van der Waals surface area (Å²) >= 11 is 5.91. The van der Waals surface area contributed by atoms with Gasteiger partial charge in [-0.2, -0.15) is 0 Å². The van der Waals surface area contributed by atoms with Gasteiger partial charge in [0, 0.05) is 30.2 Å². The van der Waals surface area contributed by atoms with Crippen molar-refractivity contribution in [1.82, 2.24) is 10.2 Å². The lowest BCUT2D eigenvalue weighted by Gasteiger charge is -2.32. The fourth-order valence-corrected chi connectivity index (χ4v) is 4.00. The Kier molecular flexibility index (Phi) is 8.80. The Hall–Kier alpha value is -2.73. The van der Waals surface area contributed by atoms with Gasteiger partial charge in [-0.3, -0.25) is 9.59 Å². The summed E-state index contributed by atoms with van der Waals surface area (Å²) < 4.78 is 11.3. The molecule has 1 unspecified atom stereocenters. The zero-order valence-electron chi connectivity index (χ0n) is 18.7. The van der Waals surface area contributed by atoms with Crippen LogP contribution in [0, 0.1) is 5.92 Å². The average Bonchev–Trinajstić information content (AvgIpc) is 2.81. The summed E-state index contributed by atoms with van der Waals surface area (Å²) in [5.74, 6) is 1.20. The standard InChI is InChI=1S/C25H31ClN2O4/c1-3-31-22-12-7-18(16-23(22)32-4-2)13-14-27-24(29)20-6-5-15-28(17-20)25(30)19-8-10-21(26)11-9-19/h7-12,16,20H,3-6,13-15,17H2,1-2H3,(H,27,29). The highest BCUT2D eigenvalue weighted by molar-refractivity contribution is 6.30. The van der Waals surface area contributed by atoms with Crippen molar-refractivity contribution in [3.8, 4) is 11.5 Å². The van der Waals surface area contributed by atoms with Crippen LogP contribution < -0.4 is 14.8 Å². The number of carbonyl (C=O) groups is 2. The first-order valence-corrected chi connectivity index (χ1v) is 11.6. The Morgan fingerprint density at radius 2 is 1.78 bits per heavy atom. The van der Waals surface area contributed by atoms with Gasteiger partial charge in [0.15, 0.2) is 11.5 Å². The third-order valence-corrected chi connectivity index (χ3v) is 5.74. The van der Waals surface area contributed by atoms with Crippen molar-refractivity contribution in [2.75, 3.05) is 32.8 Å². The quantitative estimate of drug-likeness (QED) is 0.606. The second-order valence-electron chi connectivity index (χ2n) is 7.79. The van der Waals surface area contributed by atoms with Gasteiger partial charge in [-0.15, -0.1) is 0 Å². The van der Waals surface area contributed by atoms with Crippen molar-refractivity contribution in [1.29, 1.82) is 0 Å². The Balaban J connectivity index is 1.52. The summed E-state index contributed by atoms with van der Waals surface area (Å²) in [7, 11) is 0. The van der Waals surface area contributed by atoms with Crippen LogP contribution in [0.2, 0.25) is 5.02 Å². The molecule has 0 aliphatic carbocycles. The van der Waals surface area contributed by atoms with Gasteiger partial charge >= 0.3 is 0 Å². The number of nitrogens with one attached hydrogen (secondary N) is 1. The molecule has 0 radical (unpaired) electrons. The minimum absolute atomic E-state index is 0.00502. The summed E-state index contributed by atoms with van der Waals surface area (Å²) in [6, 6.07) is 12.7. The molecule has 32 heavy (non-hydrogen) atoms. The molecule has 1 heterocycles. The molecule has 3 rings (SSSR count). The van der Waals surface area contributed by atoms with Crippen LogP contribution >= 0.6 is 11.6 Å². The molecule has 1 saturated heterocycles. The van der Waals surface area contributed by atoms with Gasteiger partial charge in [0.2, 0.25) is 5.91 Å². The van der Waals surface area contributed by atoms with E-state index in [-0.39, 0.29) is 17.7 Å². The first kappa shape index (κ1) is 23.9. The largest absolute Gasteiger partial charge is 0.490 e. The maximum Gasteiger partial charge on any atom is 0.253 e. The second kappa shape index (κ2) is 11.8. The van der Waals surface area contributed by atoms with Crippen molar-refractivity contribution in [3.05, 3.63) is 58.6 Å². The van der Waals surface area contributed by atoms with E-state index in [2.05, 4.69) is 5.32 Å². The number of likely N-dealkylation sites (tertiary alicyclic amines) is 1. The number of nitrogens with zero attached hydrogens (tertiary/aromatic N) is 1. The summed E-state index contributed by atoms with van der Waals surface area (Å²) in [6.07, 6.45) is 2.29. The van der Waals surface area contributed by atoms with E-state index in [1.807, 2.05) is 32.0 Å². The van der Waals surface area contributed by atoms with Gasteiger partial charge < -0.3 is 19.7 Å². The second-order valence-corrected chi connectivity index (χ2v) is 8.22. The molecule has 7 heteroatoms. The van der Waals surface area contributed by atoms with Crippen LogP contribution in [0.15, 0.2) is 42.5 Å². The molecular formula is C25H31ClN2O4. The number of ether oxygens (including phenoxy) is 2. The number of hydrogen-bond donors (Lipinski definition) is 1. The molecule has 1 aliphatic heterocycles. The van der Waals surface area contributed by atoms with Crippen LogP contribution in [0.4, 0.5) is 0 Å². The molecule has 172 valence electrons. The Morgan fingerprint density at radius 3 is 2.50 bits per heavy atom. The molecule has 0 aromatic heterocycles. The first-order valence-electron chi connectivity index (χ1n) is 11.2. The summed E-state index contributed by atoms with van der Waals surface area (Å²) in [4.78, 5) is 27.3. The number of carbonyl (C=O) groups excluding carboxylic acids is 2. The van der Waals surface area contributed by atoms with E-state index in [1.54, 1.807) is 29.2 Å². The first-order chi connectivity index (χ1) is 15.5. The highest BCUT2D eigenvalue weighted by atomic mass is 35.5. The van der Waals surface area contributed by atoms with E-state index in [9.17, 15) is 9.59 Å². The number of hydrogen-bond acceptors (Lipinski definition) is 4. The molecule has 0 spiro atoms. The predicted octanol–water partition coefficient (Wildman–Crippen LogP) is 4.35. The smallest absolute Gasteiger partial charge is 0.253 e. The van der Waals surface area contributed by atoms with Gasteiger partial charge in [-0.1, -0.05) is 17.7 Å². The number of rotatable bonds is 9. The van der Waals surface area contributed by atoms with Crippen LogP contribution in [-0.2, 0) is 11.2 Å². The highest BCUT2D eigenvalue weighted by Gasteiger charge is 2.28. The maximum atomic E-state index is 12.8.